The molecule has 0 radical (unpaired) electrons. The molecule has 1 atom stereocenters. The number of carbonyl (C=O) groups excluding carboxylic acids is 1. The van der Waals surface area contributed by atoms with Crippen molar-refractivity contribution in [3.63, 3.8) is 0 Å². The molecule has 1 aliphatic rings. The first-order chi connectivity index (χ1) is 12.5. The highest BCUT2D eigenvalue weighted by molar-refractivity contribution is 5.86. The SMILES string of the molecule is CCc1ccc(Oc2ccc(CCN3CC(C(=O)O)CC3=O)cc2)cc1. The number of amides is 1. The van der Waals surface area contributed by atoms with E-state index in [-0.39, 0.29) is 12.3 Å². The van der Waals surface area contributed by atoms with Crippen molar-refractivity contribution in [2.45, 2.75) is 26.2 Å². The quantitative estimate of drug-likeness (QED) is 0.827. The number of likely N-dealkylation sites (tertiary alicyclic amines) is 1. The molecule has 2 aromatic carbocycles. The Morgan fingerprint density at radius 2 is 1.65 bits per heavy atom. The summed E-state index contributed by atoms with van der Waals surface area (Å²) >= 11 is 0. The molecule has 1 N–H and O–H groups in total. The van der Waals surface area contributed by atoms with Gasteiger partial charge >= 0.3 is 5.97 Å². The lowest BCUT2D eigenvalue weighted by Crippen LogP contribution is -2.28. The van der Waals surface area contributed by atoms with Crippen LogP contribution in [0.2, 0.25) is 0 Å². The van der Waals surface area contributed by atoms with Gasteiger partial charge in [0.2, 0.25) is 5.91 Å². The van der Waals surface area contributed by atoms with Crippen molar-refractivity contribution in [3.8, 4) is 11.5 Å². The number of ether oxygens (including phenoxy) is 1. The Labute approximate surface area is 153 Å². The molecule has 26 heavy (non-hydrogen) atoms. The number of hydrogen-bond acceptors (Lipinski definition) is 3. The van der Waals surface area contributed by atoms with Gasteiger partial charge in [-0.2, -0.15) is 0 Å². The summed E-state index contributed by atoms with van der Waals surface area (Å²) in [6.07, 6.45) is 1.81. The largest absolute Gasteiger partial charge is 0.481 e. The Bertz CT molecular complexity index is 768. The minimum absolute atomic E-state index is 0.0760. The molecule has 1 saturated heterocycles. The number of nitrogens with zero attached hydrogens (tertiary/aromatic N) is 1. The molecule has 1 unspecified atom stereocenters. The lowest BCUT2D eigenvalue weighted by Gasteiger charge is -2.16. The fourth-order valence-electron chi connectivity index (χ4n) is 3.07. The predicted octanol–water partition coefficient (Wildman–Crippen LogP) is 3.52. The van der Waals surface area contributed by atoms with Crippen molar-refractivity contribution in [1.82, 2.24) is 4.90 Å². The Morgan fingerprint density at radius 1 is 1.08 bits per heavy atom. The number of aliphatic carboxylic acids is 1. The smallest absolute Gasteiger partial charge is 0.308 e. The van der Waals surface area contributed by atoms with Gasteiger partial charge in [-0.1, -0.05) is 31.2 Å². The number of rotatable bonds is 7. The van der Waals surface area contributed by atoms with Crippen LogP contribution in [-0.2, 0) is 22.4 Å². The number of benzene rings is 2. The van der Waals surface area contributed by atoms with Crippen molar-refractivity contribution >= 4 is 11.9 Å². The molecular weight excluding hydrogens is 330 g/mol. The first-order valence-electron chi connectivity index (χ1n) is 8.91. The number of aryl methyl sites for hydroxylation is 1. The highest BCUT2D eigenvalue weighted by Gasteiger charge is 2.33. The maximum atomic E-state index is 11.9. The molecule has 0 aliphatic carbocycles. The van der Waals surface area contributed by atoms with E-state index in [1.54, 1.807) is 4.90 Å². The van der Waals surface area contributed by atoms with Crippen LogP contribution in [0, 0.1) is 5.92 Å². The molecule has 5 heteroatoms. The molecule has 0 saturated carbocycles. The molecule has 5 nitrogen and oxygen atoms in total. The van der Waals surface area contributed by atoms with Crippen LogP contribution in [-0.4, -0.2) is 35.0 Å². The standard InChI is InChI=1S/C21H23NO4/c1-2-15-3-7-18(8-4-15)26-19-9-5-16(6-10-19)11-12-22-14-17(21(24)25)13-20(22)23/h3-10,17H,2,11-14H2,1H3,(H,24,25). The summed E-state index contributed by atoms with van der Waals surface area (Å²) < 4.78 is 5.84. The number of carboxylic acid groups (broad SMARTS) is 1. The van der Waals surface area contributed by atoms with Gasteiger partial charge in [-0.25, -0.2) is 0 Å². The van der Waals surface area contributed by atoms with E-state index in [1.165, 1.54) is 5.56 Å². The fourth-order valence-corrected chi connectivity index (χ4v) is 3.07. The molecule has 3 rings (SSSR count). The van der Waals surface area contributed by atoms with Gasteiger partial charge in [0, 0.05) is 19.5 Å². The molecule has 2 aromatic rings. The third kappa shape index (κ3) is 4.42. The Morgan fingerprint density at radius 3 is 2.15 bits per heavy atom. The van der Waals surface area contributed by atoms with Gasteiger partial charge in [0.25, 0.3) is 0 Å². The van der Waals surface area contributed by atoms with Crippen LogP contribution in [0.1, 0.15) is 24.5 Å². The van der Waals surface area contributed by atoms with Crippen molar-refractivity contribution in [3.05, 3.63) is 59.7 Å². The lowest BCUT2D eigenvalue weighted by molar-refractivity contribution is -0.141. The Balaban J connectivity index is 1.53. The predicted molar refractivity (Wildman–Crippen MR) is 98.4 cm³/mol. The van der Waals surface area contributed by atoms with Crippen LogP contribution in [0.15, 0.2) is 48.5 Å². The molecule has 0 aromatic heterocycles. The van der Waals surface area contributed by atoms with Crippen LogP contribution >= 0.6 is 0 Å². The molecule has 1 aliphatic heterocycles. The van der Waals surface area contributed by atoms with Gasteiger partial charge in [0.15, 0.2) is 0 Å². The van der Waals surface area contributed by atoms with E-state index in [0.29, 0.717) is 19.5 Å². The number of carboxylic acids is 1. The van der Waals surface area contributed by atoms with E-state index in [0.717, 1.165) is 23.5 Å². The molecule has 0 spiro atoms. The third-order valence-corrected chi connectivity index (χ3v) is 4.72. The molecule has 1 amide bonds. The summed E-state index contributed by atoms with van der Waals surface area (Å²) in [5.74, 6) is 0.0260. The maximum Gasteiger partial charge on any atom is 0.308 e. The summed E-state index contributed by atoms with van der Waals surface area (Å²) in [6.45, 7) is 2.97. The molecule has 1 fully saturated rings. The number of hydrogen-bond donors (Lipinski definition) is 1. The van der Waals surface area contributed by atoms with Crippen LogP contribution in [0.4, 0.5) is 0 Å². The summed E-state index contributed by atoms with van der Waals surface area (Å²) in [5, 5.41) is 9.02. The minimum atomic E-state index is -0.894. The van der Waals surface area contributed by atoms with Crippen LogP contribution in [0.25, 0.3) is 0 Å². The van der Waals surface area contributed by atoms with Gasteiger partial charge in [-0.3, -0.25) is 9.59 Å². The fraction of sp³-hybridized carbons (Fsp3) is 0.333. The average Bonchev–Trinajstić information content (AvgIpc) is 3.03. The zero-order valence-corrected chi connectivity index (χ0v) is 14.9. The highest BCUT2D eigenvalue weighted by Crippen LogP contribution is 2.23. The van der Waals surface area contributed by atoms with Gasteiger partial charge in [0.1, 0.15) is 11.5 Å². The first kappa shape index (κ1) is 18.0. The van der Waals surface area contributed by atoms with E-state index >= 15 is 0 Å². The second-order valence-electron chi connectivity index (χ2n) is 6.57. The maximum absolute atomic E-state index is 11.9. The van der Waals surface area contributed by atoms with Gasteiger partial charge in [0.05, 0.1) is 5.92 Å². The second-order valence-corrected chi connectivity index (χ2v) is 6.57. The monoisotopic (exact) mass is 353 g/mol. The second kappa shape index (κ2) is 8.04. The van der Waals surface area contributed by atoms with E-state index < -0.39 is 11.9 Å². The zero-order valence-electron chi connectivity index (χ0n) is 14.9. The zero-order chi connectivity index (χ0) is 18.5. The first-order valence-corrected chi connectivity index (χ1v) is 8.91. The van der Waals surface area contributed by atoms with Crippen LogP contribution in [0.3, 0.4) is 0 Å². The van der Waals surface area contributed by atoms with Gasteiger partial charge in [-0.15, -0.1) is 0 Å². The molecular formula is C21H23NO4. The topological polar surface area (TPSA) is 66.8 Å². The van der Waals surface area contributed by atoms with E-state index in [4.69, 9.17) is 9.84 Å². The Kier molecular flexibility index (Phi) is 5.56. The van der Waals surface area contributed by atoms with E-state index in [2.05, 4.69) is 19.1 Å². The summed E-state index contributed by atoms with van der Waals surface area (Å²) in [6, 6.07) is 15.8. The third-order valence-electron chi connectivity index (χ3n) is 4.72. The molecule has 1 heterocycles. The van der Waals surface area contributed by atoms with Crippen molar-refractivity contribution in [2.75, 3.05) is 13.1 Å². The van der Waals surface area contributed by atoms with Gasteiger partial charge < -0.3 is 14.7 Å². The van der Waals surface area contributed by atoms with Crippen LogP contribution < -0.4 is 4.74 Å². The summed E-state index contributed by atoms with van der Waals surface area (Å²) in [5.41, 5.74) is 2.36. The highest BCUT2D eigenvalue weighted by atomic mass is 16.5. The van der Waals surface area contributed by atoms with E-state index in [1.807, 2.05) is 36.4 Å². The normalized spacial score (nSPS) is 16.7. The van der Waals surface area contributed by atoms with E-state index in [9.17, 15) is 9.59 Å². The summed E-state index contributed by atoms with van der Waals surface area (Å²) in [7, 11) is 0. The Hall–Kier alpha value is -2.82. The van der Waals surface area contributed by atoms with Crippen molar-refractivity contribution < 1.29 is 19.4 Å². The molecule has 136 valence electrons. The number of carbonyl (C=O) groups is 2. The summed E-state index contributed by atoms with van der Waals surface area (Å²) in [4.78, 5) is 24.5. The molecule has 0 bridgehead atoms. The van der Waals surface area contributed by atoms with Crippen molar-refractivity contribution in [1.29, 1.82) is 0 Å². The average molecular weight is 353 g/mol. The van der Waals surface area contributed by atoms with Gasteiger partial charge in [-0.05, 0) is 48.2 Å². The lowest BCUT2D eigenvalue weighted by atomic mass is 10.1. The van der Waals surface area contributed by atoms with Crippen molar-refractivity contribution in [2.24, 2.45) is 5.92 Å². The van der Waals surface area contributed by atoms with Crippen LogP contribution in [0.5, 0.6) is 11.5 Å². The minimum Gasteiger partial charge on any atom is -0.481 e.